The summed E-state index contributed by atoms with van der Waals surface area (Å²) in [5.74, 6) is 0.918. The summed E-state index contributed by atoms with van der Waals surface area (Å²) in [4.78, 5) is 0. The Bertz CT molecular complexity index is 318. The van der Waals surface area contributed by atoms with Gasteiger partial charge in [0.1, 0.15) is 5.75 Å². The van der Waals surface area contributed by atoms with Crippen molar-refractivity contribution in [2.24, 2.45) is 0 Å². The van der Waals surface area contributed by atoms with E-state index in [4.69, 9.17) is 4.74 Å². The van der Waals surface area contributed by atoms with E-state index in [0.717, 1.165) is 18.6 Å². The van der Waals surface area contributed by atoms with Crippen molar-refractivity contribution < 1.29 is 4.74 Å². The molecular weight excluding hydrogens is 210 g/mol. The number of methoxy groups -OCH3 is 1. The van der Waals surface area contributed by atoms with Gasteiger partial charge in [-0.3, -0.25) is 0 Å². The molecule has 0 radical (unpaired) electrons. The summed E-state index contributed by atoms with van der Waals surface area (Å²) < 4.78 is 5.15. The van der Waals surface area contributed by atoms with E-state index in [0.29, 0.717) is 6.04 Å². The molecule has 0 saturated heterocycles. The molecule has 1 N–H and O–H groups in total. The number of likely N-dealkylation sites (N-methyl/N-ethyl adjacent to an activating group) is 1. The van der Waals surface area contributed by atoms with Crippen LogP contribution in [0.5, 0.6) is 5.75 Å². The van der Waals surface area contributed by atoms with Crippen molar-refractivity contribution >= 4 is 0 Å². The lowest BCUT2D eigenvalue weighted by Crippen LogP contribution is -2.27. The summed E-state index contributed by atoms with van der Waals surface area (Å²) in [5, 5.41) is 3.37. The molecule has 94 valence electrons. The summed E-state index contributed by atoms with van der Waals surface area (Å²) in [7, 11) is 3.72. The number of unbranched alkanes of at least 4 members (excludes halogenated alkanes) is 1. The Hall–Kier alpha value is -1.28. The summed E-state index contributed by atoms with van der Waals surface area (Å²) in [6, 6.07) is 8.86. The van der Waals surface area contributed by atoms with Crippen LogP contribution in [0.3, 0.4) is 0 Å². The molecule has 0 aliphatic heterocycles. The van der Waals surface area contributed by atoms with Crippen molar-refractivity contribution in [3.05, 3.63) is 42.5 Å². The Balaban J connectivity index is 2.45. The molecule has 0 fully saturated rings. The van der Waals surface area contributed by atoms with Crippen molar-refractivity contribution in [2.45, 2.75) is 31.7 Å². The normalized spacial score (nSPS) is 12.1. The van der Waals surface area contributed by atoms with Crippen LogP contribution in [0.2, 0.25) is 0 Å². The van der Waals surface area contributed by atoms with Crippen LogP contribution in [0.4, 0.5) is 0 Å². The van der Waals surface area contributed by atoms with Gasteiger partial charge in [0.15, 0.2) is 0 Å². The molecule has 0 aliphatic carbocycles. The molecule has 1 unspecified atom stereocenters. The number of ether oxygens (including phenoxy) is 1. The zero-order valence-electron chi connectivity index (χ0n) is 10.9. The van der Waals surface area contributed by atoms with Crippen molar-refractivity contribution in [3.63, 3.8) is 0 Å². The van der Waals surface area contributed by atoms with Gasteiger partial charge in [0.2, 0.25) is 0 Å². The van der Waals surface area contributed by atoms with Crippen LogP contribution in [-0.4, -0.2) is 20.2 Å². The Morgan fingerprint density at radius 1 is 1.35 bits per heavy atom. The highest BCUT2D eigenvalue weighted by Gasteiger charge is 2.06. The van der Waals surface area contributed by atoms with E-state index in [1.54, 1.807) is 7.11 Å². The number of nitrogens with one attached hydrogen (secondary N) is 1. The SMILES string of the molecule is C=CCCCC(Cc1ccc(OC)cc1)NC. The van der Waals surface area contributed by atoms with Gasteiger partial charge < -0.3 is 10.1 Å². The highest BCUT2D eigenvalue weighted by atomic mass is 16.5. The second-order valence-electron chi connectivity index (χ2n) is 4.26. The molecule has 0 saturated carbocycles. The lowest BCUT2D eigenvalue weighted by molar-refractivity contribution is 0.414. The zero-order chi connectivity index (χ0) is 12.5. The van der Waals surface area contributed by atoms with Gasteiger partial charge in [-0.25, -0.2) is 0 Å². The first-order valence-corrected chi connectivity index (χ1v) is 6.21. The van der Waals surface area contributed by atoms with E-state index in [1.165, 1.54) is 18.4 Å². The second kappa shape index (κ2) is 7.91. The summed E-state index contributed by atoms with van der Waals surface area (Å²) in [6.07, 6.45) is 6.54. The topological polar surface area (TPSA) is 21.3 Å². The minimum atomic E-state index is 0.545. The van der Waals surface area contributed by atoms with Gasteiger partial charge in [-0.2, -0.15) is 0 Å². The van der Waals surface area contributed by atoms with Crippen molar-refractivity contribution in [3.8, 4) is 5.75 Å². The number of allylic oxidation sites excluding steroid dienone is 1. The molecule has 1 rings (SSSR count). The molecule has 2 nitrogen and oxygen atoms in total. The maximum atomic E-state index is 5.15. The fraction of sp³-hybridized carbons (Fsp3) is 0.467. The van der Waals surface area contributed by atoms with Crippen LogP contribution in [-0.2, 0) is 6.42 Å². The quantitative estimate of drug-likeness (QED) is 0.550. The molecule has 2 heteroatoms. The molecule has 0 amide bonds. The number of rotatable bonds is 8. The predicted molar refractivity (Wildman–Crippen MR) is 73.6 cm³/mol. The Labute approximate surface area is 105 Å². The minimum Gasteiger partial charge on any atom is -0.497 e. The molecule has 0 aliphatic rings. The van der Waals surface area contributed by atoms with Gasteiger partial charge in [-0.05, 0) is 50.4 Å². The Morgan fingerprint density at radius 3 is 2.59 bits per heavy atom. The van der Waals surface area contributed by atoms with Crippen LogP contribution >= 0.6 is 0 Å². The maximum absolute atomic E-state index is 5.15. The summed E-state index contributed by atoms with van der Waals surface area (Å²) >= 11 is 0. The summed E-state index contributed by atoms with van der Waals surface area (Å²) in [5.41, 5.74) is 1.35. The van der Waals surface area contributed by atoms with Crippen LogP contribution in [0, 0.1) is 0 Å². The third-order valence-electron chi connectivity index (χ3n) is 3.01. The van der Waals surface area contributed by atoms with Gasteiger partial charge in [0.25, 0.3) is 0 Å². The third-order valence-corrected chi connectivity index (χ3v) is 3.01. The van der Waals surface area contributed by atoms with Crippen LogP contribution < -0.4 is 10.1 Å². The lowest BCUT2D eigenvalue weighted by Gasteiger charge is -2.16. The molecule has 0 spiro atoms. The molecule has 1 atom stereocenters. The molecule has 17 heavy (non-hydrogen) atoms. The minimum absolute atomic E-state index is 0.545. The average Bonchev–Trinajstić information content (AvgIpc) is 2.38. The highest BCUT2D eigenvalue weighted by Crippen LogP contribution is 2.14. The van der Waals surface area contributed by atoms with E-state index in [2.05, 4.69) is 24.0 Å². The van der Waals surface area contributed by atoms with Crippen LogP contribution in [0.25, 0.3) is 0 Å². The molecular formula is C15H23NO. The predicted octanol–water partition coefficient (Wildman–Crippen LogP) is 3.18. The molecule has 0 heterocycles. The van der Waals surface area contributed by atoms with Crippen molar-refractivity contribution in [1.82, 2.24) is 5.32 Å². The van der Waals surface area contributed by atoms with Crippen molar-refractivity contribution in [2.75, 3.05) is 14.2 Å². The smallest absolute Gasteiger partial charge is 0.118 e. The fourth-order valence-electron chi connectivity index (χ4n) is 1.90. The first-order valence-electron chi connectivity index (χ1n) is 6.21. The standard InChI is InChI=1S/C15H23NO/c1-4-5-6-7-14(16-2)12-13-8-10-15(17-3)11-9-13/h4,8-11,14,16H,1,5-7,12H2,2-3H3. The second-order valence-corrected chi connectivity index (χ2v) is 4.26. The van der Waals surface area contributed by atoms with Crippen LogP contribution in [0.1, 0.15) is 24.8 Å². The summed E-state index contributed by atoms with van der Waals surface area (Å²) in [6.45, 7) is 3.75. The molecule has 1 aromatic carbocycles. The molecule has 1 aromatic rings. The Kier molecular flexibility index (Phi) is 6.41. The maximum Gasteiger partial charge on any atom is 0.118 e. The van der Waals surface area contributed by atoms with E-state index >= 15 is 0 Å². The fourth-order valence-corrected chi connectivity index (χ4v) is 1.90. The zero-order valence-corrected chi connectivity index (χ0v) is 10.9. The first kappa shape index (κ1) is 13.8. The van der Waals surface area contributed by atoms with Crippen LogP contribution in [0.15, 0.2) is 36.9 Å². The van der Waals surface area contributed by atoms with Crippen molar-refractivity contribution in [1.29, 1.82) is 0 Å². The lowest BCUT2D eigenvalue weighted by atomic mass is 10.0. The highest BCUT2D eigenvalue weighted by molar-refractivity contribution is 5.27. The molecule has 0 bridgehead atoms. The molecule has 0 aromatic heterocycles. The first-order chi connectivity index (χ1) is 8.30. The number of hydrogen-bond acceptors (Lipinski definition) is 2. The largest absolute Gasteiger partial charge is 0.497 e. The number of benzene rings is 1. The van der Waals surface area contributed by atoms with E-state index < -0.39 is 0 Å². The Morgan fingerprint density at radius 2 is 2.06 bits per heavy atom. The van der Waals surface area contributed by atoms with Gasteiger partial charge >= 0.3 is 0 Å². The van der Waals surface area contributed by atoms with Gasteiger partial charge in [-0.15, -0.1) is 6.58 Å². The monoisotopic (exact) mass is 233 g/mol. The van der Waals surface area contributed by atoms with E-state index in [9.17, 15) is 0 Å². The average molecular weight is 233 g/mol. The van der Waals surface area contributed by atoms with Gasteiger partial charge in [0.05, 0.1) is 7.11 Å². The number of hydrogen-bond donors (Lipinski definition) is 1. The third kappa shape index (κ3) is 5.05. The van der Waals surface area contributed by atoms with E-state index in [1.807, 2.05) is 25.3 Å². The van der Waals surface area contributed by atoms with E-state index in [-0.39, 0.29) is 0 Å². The van der Waals surface area contributed by atoms with Gasteiger partial charge in [-0.1, -0.05) is 18.2 Å². The van der Waals surface area contributed by atoms with Gasteiger partial charge in [0, 0.05) is 6.04 Å².